The Kier molecular flexibility index (Phi) is 5.49. The van der Waals surface area contributed by atoms with Crippen molar-refractivity contribution < 1.29 is 9.90 Å². The zero-order valence-electron chi connectivity index (χ0n) is 10.1. The highest BCUT2D eigenvalue weighted by Gasteiger charge is 2.08. The summed E-state index contributed by atoms with van der Waals surface area (Å²) in [5, 5.41) is 12.6. The van der Waals surface area contributed by atoms with Crippen molar-refractivity contribution in [1.82, 2.24) is 5.32 Å². The van der Waals surface area contributed by atoms with Gasteiger partial charge in [0.2, 0.25) is 5.91 Å². The van der Waals surface area contributed by atoms with Gasteiger partial charge in [0.05, 0.1) is 0 Å². The average Bonchev–Trinajstić information content (AvgIpc) is 2.30. The van der Waals surface area contributed by atoms with Gasteiger partial charge in [0.1, 0.15) is 5.75 Å². The molecule has 94 valence electrons. The molecule has 0 spiro atoms. The van der Waals surface area contributed by atoms with Gasteiger partial charge < -0.3 is 16.2 Å². The van der Waals surface area contributed by atoms with Crippen molar-refractivity contribution in [2.45, 2.75) is 32.2 Å². The van der Waals surface area contributed by atoms with Gasteiger partial charge in [0, 0.05) is 12.5 Å². The minimum absolute atomic E-state index is 0.253. The van der Waals surface area contributed by atoms with E-state index in [1.165, 1.54) is 0 Å². The van der Waals surface area contributed by atoms with E-state index in [4.69, 9.17) is 5.73 Å². The number of benzene rings is 1. The maximum atomic E-state index is 10.6. The fraction of sp³-hybridized carbons (Fsp3) is 0.462. The molecule has 1 aromatic rings. The van der Waals surface area contributed by atoms with Gasteiger partial charge in [-0.3, -0.25) is 4.79 Å². The van der Waals surface area contributed by atoms with Crippen molar-refractivity contribution in [1.29, 1.82) is 0 Å². The Morgan fingerprint density at radius 1 is 1.41 bits per heavy atom. The van der Waals surface area contributed by atoms with E-state index in [9.17, 15) is 9.90 Å². The van der Waals surface area contributed by atoms with Crippen LogP contribution in [0.25, 0.3) is 0 Å². The lowest BCUT2D eigenvalue weighted by Gasteiger charge is -2.17. The second kappa shape index (κ2) is 6.91. The quantitative estimate of drug-likeness (QED) is 0.631. The molecule has 0 aliphatic carbocycles. The van der Waals surface area contributed by atoms with E-state index >= 15 is 0 Å². The molecule has 0 aromatic heterocycles. The van der Waals surface area contributed by atoms with Crippen LogP contribution in [-0.4, -0.2) is 17.6 Å². The summed E-state index contributed by atoms with van der Waals surface area (Å²) < 4.78 is 0. The molecule has 17 heavy (non-hydrogen) atoms. The Balaban J connectivity index is 2.43. The highest BCUT2D eigenvalue weighted by molar-refractivity contribution is 5.73. The normalized spacial score (nSPS) is 12.3. The van der Waals surface area contributed by atoms with Crippen LogP contribution in [-0.2, 0) is 4.79 Å². The number of aromatic hydroxyl groups is 1. The van der Waals surface area contributed by atoms with Crippen LogP contribution in [0.3, 0.4) is 0 Å². The molecule has 0 radical (unpaired) electrons. The fourth-order valence-electron chi connectivity index (χ4n) is 1.74. The molecule has 1 amide bonds. The molecule has 1 unspecified atom stereocenters. The number of hydrogen-bond acceptors (Lipinski definition) is 3. The van der Waals surface area contributed by atoms with Gasteiger partial charge >= 0.3 is 0 Å². The molecule has 1 rings (SSSR count). The van der Waals surface area contributed by atoms with Gasteiger partial charge in [-0.15, -0.1) is 0 Å². The minimum atomic E-state index is -0.260. The molecule has 4 heteroatoms. The van der Waals surface area contributed by atoms with Crippen molar-refractivity contribution in [2.24, 2.45) is 5.73 Å². The third-order valence-electron chi connectivity index (χ3n) is 2.69. The predicted octanol–water partition coefficient (Wildman–Crippen LogP) is 1.70. The van der Waals surface area contributed by atoms with Gasteiger partial charge in [0.15, 0.2) is 0 Å². The molecule has 0 aliphatic rings. The van der Waals surface area contributed by atoms with E-state index in [0.717, 1.165) is 24.9 Å². The smallest absolute Gasteiger partial charge is 0.217 e. The number of amides is 1. The van der Waals surface area contributed by atoms with Crippen molar-refractivity contribution in [2.75, 3.05) is 6.54 Å². The lowest BCUT2D eigenvalue weighted by atomic mass is 10.0. The van der Waals surface area contributed by atoms with Crippen LogP contribution in [0.1, 0.15) is 37.8 Å². The number of carbonyl (C=O) groups is 1. The van der Waals surface area contributed by atoms with Crippen LogP contribution in [0, 0.1) is 0 Å². The number of phenolic OH excluding ortho intramolecular Hbond substituents is 1. The Bertz CT molecular complexity index is 349. The number of phenols is 1. The number of rotatable bonds is 7. The summed E-state index contributed by atoms with van der Waals surface area (Å²) in [5.41, 5.74) is 6.22. The summed E-state index contributed by atoms with van der Waals surface area (Å²) >= 11 is 0. The van der Waals surface area contributed by atoms with Gasteiger partial charge in [-0.05, 0) is 37.1 Å². The summed E-state index contributed by atoms with van der Waals surface area (Å²) in [5.74, 6) is 0.0156. The lowest BCUT2D eigenvalue weighted by molar-refractivity contribution is -0.118. The highest BCUT2D eigenvalue weighted by atomic mass is 16.3. The van der Waals surface area contributed by atoms with Crippen molar-refractivity contribution in [3.63, 3.8) is 0 Å². The third kappa shape index (κ3) is 4.87. The van der Waals surface area contributed by atoms with Crippen LogP contribution >= 0.6 is 0 Å². The van der Waals surface area contributed by atoms with E-state index < -0.39 is 0 Å². The molecule has 1 aromatic carbocycles. The zero-order valence-corrected chi connectivity index (χ0v) is 10.1. The Morgan fingerprint density at radius 3 is 2.59 bits per heavy atom. The van der Waals surface area contributed by atoms with Crippen molar-refractivity contribution in [3.05, 3.63) is 29.8 Å². The number of primary amides is 1. The third-order valence-corrected chi connectivity index (χ3v) is 2.69. The summed E-state index contributed by atoms with van der Waals surface area (Å²) in [6, 6.07) is 7.44. The van der Waals surface area contributed by atoms with E-state index in [1.54, 1.807) is 12.1 Å². The molecule has 1 atom stereocenters. The van der Waals surface area contributed by atoms with Crippen molar-refractivity contribution >= 4 is 5.91 Å². The van der Waals surface area contributed by atoms with Gasteiger partial charge in [0.25, 0.3) is 0 Å². The second-order valence-electron chi connectivity index (χ2n) is 4.08. The SMILES string of the molecule is CCC(NCCCC(N)=O)c1ccc(O)cc1. The number of nitrogens with two attached hydrogens (primary N) is 1. The monoisotopic (exact) mass is 236 g/mol. The molecule has 0 saturated heterocycles. The average molecular weight is 236 g/mol. The van der Waals surface area contributed by atoms with E-state index in [1.807, 2.05) is 12.1 Å². The maximum Gasteiger partial charge on any atom is 0.217 e. The molecule has 0 saturated carbocycles. The van der Waals surface area contributed by atoms with Crippen LogP contribution in [0.15, 0.2) is 24.3 Å². The minimum Gasteiger partial charge on any atom is -0.508 e. The summed E-state index contributed by atoms with van der Waals surface area (Å²) in [4.78, 5) is 10.6. The van der Waals surface area contributed by atoms with Crippen LogP contribution in [0.4, 0.5) is 0 Å². The van der Waals surface area contributed by atoms with Crippen LogP contribution < -0.4 is 11.1 Å². The Labute approximate surface area is 102 Å². The highest BCUT2D eigenvalue weighted by Crippen LogP contribution is 2.19. The first-order valence-electron chi connectivity index (χ1n) is 5.94. The fourth-order valence-corrected chi connectivity index (χ4v) is 1.74. The number of nitrogens with one attached hydrogen (secondary N) is 1. The Hall–Kier alpha value is -1.55. The number of hydrogen-bond donors (Lipinski definition) is 3. The molecule has 0 bridgehead atoms. The van der Waals surface area contributed by atoms with Gasteiger partial charge in [-0.2, -0.15) is 0 Å². The first-order chi connectivity index (χ1) is 8.13. The first kappa shape index (κ1) is 13.5. The van der Waals surface area contributed by atoms with E-state index in [-0.39, 0.29) is 17.7 Å². The largest absolute Gasteiger partial charge is 0.508 e. The summed E-state index contributed by atoms with van der Waals surface area (Å²) in [7, 11) is 0. The van der Waals surface area contributed by atoms with Gasteiger partial charge in [-0.1, -0.05) is 19.1 Å². The van der Waals surface area contributed by atoms with Crippen LogP contribution in [0.2, 0.25) is 0 Å². The van der Waals surface area contributed by atoms with E-state index in [0.29, 0.717) is 6.42 Å². The molecule has 0 aliphatic heterocycles. The molecule has 4 nitrogen and oxygen atoms in total. The van der Waals surface area contributed by atoms with Crippen molar-refractivity contribution in [3.8, 4) is 5.75 Å². The zero-order chi connectivity index (χ0) is 12.7. The molecular weight excluding hydrogens is 216 g/mol. The summed E-state index contributed by atoms with van der Waals surface area (Å²) in [6.45, 7) is 2.86. The standard InChI is InChI=1S/C13H20N2O2/c1-2-12(15-9-3-4-13(14)17)10-5-7-11(16)8-6-10/h5-8,12,15-16H,2-4,9H2,1H3,(H2,14,17). The predicted molar refractivity (Wildman–Crippen MR) is 67.6 cm³/mol. The van der Waals surface area contributed by atoms with Crippen LogP contribution in [0.5, 0.6) is 5.75 Å². The maximum absolute atomic E-state index is 10.6. The first-order valence-corrected chi connectivity index (χ1v) is 5.94. The molecule has 4 N–H and O–H groups in total. The summed E-state index contributed by atoms with van der Waals surface area (Å²) in [6.07, 6.45) is 2.13. The topological polar surface area (TPSA) is 75.3 Å². The molecular formula is C13H20N2O2. The molecule has 0 fully saturated rings. The second-order valence-corrected chi connectivity index (χ2v) is 4.08. The number of carbonyl (C=O) groups excluding carboxylic acids is 1. The molecule has 0 heterocycles. The van der Waals surface area contributed by atoms with Gasteiger partial charge in [-0.25, -0.2) is 0 Å². The van der Waals surface area contributed by atoms with E-state index in [2.05, 4.69) is 12.2 Å². The lowest BCUT2D eigenvalue weighted by Crippen LogP contribution is -2.23. The Morgan fingerprint density at radius 2 is 2.06 bits per heavy atom.